The van der Waals surface area contributed by atoms with E-state index >= 15 is 0 Å². The summed E-state index contributed by atoms with van der Waals surface area (Å²) in [5, 5.41) is 9.85. The van der Waals surface area contributed by atoms with Gasteiger partial charge in [0.2, 0.25) is 0 Å². The quantitative estimate of drug-likeness (QED) is 0.850. The van der Waals surface area contributed by atoms with Crippen molar-refractivity contribution >= 4 is 23.0 Å². The molecule has 0 bridgehead atoms. The maximum absolute atomic E-state index is 4.49. The number of rotatable bonds is 6. The van der Waals surface area contributed by atoms with Crippen molar-refractivity contribution in [3.63, 3.8) is 0 Å². The molecule has 0 saturated carbocycles. The fourth-order valence-corrected chi connectivity index (χ4v) is 3.46. The zero-order chi connectivity index (χ0) is 15.4. The van der Waals surface area contributed by atoms with Gasteiger partial charge in [-0.3, -0.25) is 0 Å². The molecule has 1 fully saturated rings. The molecule has 0 spiro atoms. The largest absolute Gasteiger partial charge is 0.373 e. The summed E-state index contributed by atoms with van der Waals surface area (Å²) in [5.41, 5.74) is 1.13. The van der Waals surface area contributed by atoms with Crippen LogP contribution >= 0.6 is 11.3 Å². The molecular weight excluding hydrogens is 296 g/mol. The smallest absolute Gasteiger partial charge is 0.134 e. The van der Waals surface area contributed by atoms with Crippen molar-refractivity contribution in [2.24, 2.45) is 0 Å². The molecule has 118 valence electrons. The molecule has 6 nitrogen and oxygen atoms in total. The highest BCUT2D eigenvalue weighted by Gasteiger charge is 2.25. The maximum atomic E-state index is 4.49. The first-order valence-electron chi connectivity index (χ1n) is 7.64. The predicted molar refractivity (Wildman–Crippen MR) is 90.5 cm³/mol. The van der Waals surface area contributed by atoms with Gasteiger partial charge in [-0.25, -0.2) is 15.0 Å². The van der Waals surface area contributed by atoms with Crippen molar-refractivity contribution < 1.29 is 0 Å². The van der Waals surface area contributed by atoms with Crippen LogP contribution in [0.4, 0.5) is 11.6 Å². The van der Waals surface area contributed by atoms with E-state index < -0.39 is 0 Å². The van der Waals surface area contributed by atoms with E-state index in [1.54, 1.807) is 17.7 Å². The third-order valence-electron chi connectivity index (χ3n) is 3.93. The summed E-state index contributed by atoms with van der Waals surface area (Å²) in [4.78, 5) is 15.5. The second kappa shape index (κ2) is 7.02. The Kier molecular flexibility index (Phi) is 4.84. The van der Waals surface area contributed by atoms with E-state index in [1.807, 2.05) is 20.0 Å². The summed E-state index contributed by atoms with van der Waals surface area (Å²) < 4.78 is 0. The van der Waals surface area contributed by atoms with Gasteiger partial charge in [0.15, 0.2) is 0 Å². The topological polar surface area (TPSA) is 66.0 Å². The second-order valence-electron chi connectivity index (χ2n) is 5.49. The summed E-state index contributed by atoms with van der Waals surface area (Å²) in [6.07, 6.45) is 4.03. The van der Waals surface area contributed by atoms with Crippen molar-refractivity contribution in [2.45, 2.75) is 32.4 Å². The van der Waals surface area contributed by atoms with Crippen molar-refractivity contribution in [2.75, 3.05) is 30.4 Å². The average Bonchev–Trinajstić information content (AvgIpc) is 3.16. The van der Waals surface area contributed by atoms with Crippen LogP contribution in [0.15, 0.2) is 17.8 Å². The second-order valence-corrected chi connectivity index (χ2v) is 6.55. The van der Waals surface area contributed by atoms with Crippen molar-refractivity contribution in [3.05, 3.63) is 28.5 Å². The fraction of sp³-hybridized carbons (Fsp3) is 0.533. The molecule has 1 atom stereocenters. The molecule has 0 aromatic carbocycles. The zero-order valence-electron chi connectivity index (χ0n) is 13.0. The van der Waals surface area contributed by atoms with Gasteiger partial charge in [-0.15, -0.1) is 11.3 Å². The van der Waals surface area contributed by atoms with Crippen LogP contribution in [-0.2, 0) is 6.54 Å². The average molecular weight is 318 g/mol. The lowest BCUT2D eigenvalue weighted by Gasteiger charge is -2.26. The number of hydrogen-bond acceptors (Lipinski definition) is 7. The minimum absolute atomic E-state index is 0.485. The van der Waals surface area contributed by atoms with Crippen LogP contribution in [0.2, 0.25) is 0 Å². The van der Waals surface area contributed by atoms with Crippen LogP contribution in [-0.4, -0.2) is 41.1 Å². The number of thiazole rings is 1. The monoisotopic (exact) mass is 318 g/mol. The van der Waals surface area contributed by atoms with Gasteiger partial charge in [-0.1, -0.05) is 0 Å². The molecule has 1 aliphatic heterocycles. The molecule has 1 saturated heterocycles. The van der Waals surface area contributed by atoms with Crippen LogP contribution in [0, 0.1) is 6.92 Å². The lowest BCUT2D eigenvalue weighted by atomic mass is 10.2. The number of nitrogens with zero attached hydrogens (tertiary/aromatic N) is 4. The Hall–Kier alpha value is -1.73. The Morgan fingerprint density at radius 2 is 2.32 bits per heavy atom. The minimum Gasteiger partial charge on any atom is -0.373 e. The van der Waals surface area contributed by atoms with Gasteiger partial charge < -0.3 is 15.5 Å². The van der Waals surface area contributed by atoms with Crippen LogP contribution in [0.5, 0.6) is 0 Å². The molecule has 2 aromatic heterocycles. The number of aryl methyl sites for hydroxylation is 1. The van der Waals surface area contributed by atoms with Crippen LogP contribution in [0.25, 0.3) is 0 Å². The molecule has 22 heavy (non-hydrogen) atoms. The third kappa shape index (κ3) is 3.53. The lowest BCUT2D eigenvalue weighted by molar-refractivity contribution is 0.567. The van der Waals surface area contributed by atoms with Gasteiger partial charge >= 0.3 is 0 Å². The Morgan fingerprint density at radius 3 is 3.09 bits per heavy atom. The Bertz CT molecular complexity index is 614. The lowest BCUT2D eigenvalue weighted by Crippen LogP contribution is -2.38. The maximum Gasteiger partial charge on any atom is 0.134 e. The molecule has 0 radical (unpaired) electrons. The first kappa shape index (κ1) is 15.2. The number of anilines is 2. The minimum atomic E-state index is 0.485. The normalized spacial score (nSPS) is 17.9. The van der Waals surface area contributed by atoms with E-state index in [2.05, 4.69) is 35.9 Å². The first-order chi connectivity index (χ1) is 10.8. The highest BCUT2D eigenvalue weighted by molar-refractivity contribution is 7.09. The number of aromatic nitrogens is 3. The van der Waals surface area contributed by atoms with Crippen molar-refractivity contribution in [3.8, 4) is 0 Å². The van der Waals surface area contributed by atoms with Gasteiger partial charge in [0, 0.05) is 44.2 Å². The summed E-state index contributed by atoms with van der Waals surface area (Å²) >= 11 is 1.70. The SMILES string of the molecule is CNc1cc(N2CCC[C@@H]2CNCc2csc(C)n2)ncn1. The highest BCUT2D eigenvalue weighted by atomic mass is 32.1. The van der Waals surface area contributed by atoms with Gasteiger partial charge in [0.25, 0.3) is 0 Å². The summed E-state index contributed by atoms with van der Waals surface area (Å²) in [6, 6.07) is 2.50. The molecular formula is C15H22N6S. The van der Waals surface area contributed by atoms with Crippen molar-refractivity contribution in [1.29, 1.82) is 0 Å². The standard InChI is InChI=1S/C15H22N6S/c1-11-20-12(9-22-11)7-17-8-13-4-3-5-21(13)15-6-14(16-2)18-10-19-15/h6,9-10,13,17H,3-5,7-8H2,1-2H3,(H,16,18,19)/t13-/m1/s1. The summed E-state index contributed by atoms with van der Waals surface area (Å²) in [7, 11) is 1.88. The highest BCUT2D eigenvalue weighted by Crippen LogP contribution is 2.24. The van der Waals surface area contributed by atoms with Crippen LogP contribution < -0.4 is 15.5 Å². The first-order valence-corrected chi connectivity index (χ1v) is 8.52. The summed E-state index contributed by atoms with van der Waals surface area (Å²) in [5.74, 6) is 1.87. The van der Waals surface area contributed by atoms with E-state index in [0.29, 0.717) is 6.04 Å². The summed E-state index contributed by atoms with van der Waals surface area (Å²) in [6.45, 7) is 4.89. The third-order valence-corrected chi connectivity index (χ3v) is 4.76. The molecule has 7 heteroatoms. The van der Waals surface area contributed by atoms with Gasteiger partial charge in [-0.2, -0.15) is 0 Å². The number of nitrogens with one attached hydrogen (secondary N) is 2. The molecule has 2 aromatic rings. The Labute approximate surface area is 135 Å². The van der Waals surface area contributed by atoms with E-state index in [1.165, 1.54) is 12.8 Å². The van der Waals surface area contributed by atoms with Gasteiger partial charge in [0.05, 0.1) is 10.7 Å². The molecule has 0 aliphatic carbocycles. The molecule has 1 aliphatic rings. The van der Waals surface area contributed by atoms with E-state index in [4.69, 9.17) is 0 Å². The number of hydrogen-bond donors (Lipinski definition) is 2. The van der Waals surface area contributed by atoms with E-state index in [-0.39, 0.29) is 0 Å². The Balaban J connectivity index is 1.58. The van der Waals surface area contributed by atoms with Gasteiger partial charge in [0.1, 0.15) is 18.0 Å². The predicted octanol–water partition coefficient (Wildman–Crippen LogP) is 2.04. The fourth-order valence-electron chi connectivity index (χ4n) is 2.85. The van der Waals surface area contributed by atoms with Gasteiger partial charge in [-0.05, 0) is 19.8 Å². The molecule has 3 rings (SSSR count). The Morgan fingerprint density at radius 1 is 1.41 bits per heavy atom. The van der Waals surface area contributed by atoms with Crippen LogP contribution in [0.3, 0.4) is 0 Å². The van der Waals surface area contributed by atoms with E-state index in [0.717, 1.165) is 42.0 Å². The molecule has 0 unspecified atom stereocenters. The molecule has 0 amide bonds. The van der Waals surface area contributed by atoms with Crippen molar-refractivity contribution in [1.82, 2.24) is 20.3 Å². The van der Waals surface area contributed by atoms with E-state index in [9.17, 15) is 0 Å². The molecule has 2 N–H and O–H groups in total. The zero-order valence-corrected chi connectivity index (χ0v) is 13.9. The molecule has 3 heterocycles. The van der Waals surface area contributed by atoms with Crippen LogP contribution in [0.1, 0.15) is 23.5 Å².